The first kappa shape index (κ1) is 21.7. The van der Waals surface area contributed by atoms with E-state index < -0.39 is 5.92 Å². The van der Waals surface area contributed by atoms with Gasteiger partial charge in [-0.1, -0.05) is 60.9 Å². The van der Waals surface area contributed by atoms with Crippen LogP contribution in [0.5, 0.6) is 0 Å². The molecule has 160 valence electrons. The van der Waals surface area contributed by atoms with Crippen molar-refractivity contribution in [2.45, 2.75) is 38.0 Å². The number of thiazole rings is 1. The number of benzene rings is 2. The van der Waals surface area contributed by atoms with E-state index in [-0.39, 0.29) is 5.91 Å². The molecule has 0 spiro atoms. The van der Waals surface area contributed by atoms with Crippen molar-refractivity contribution in [3.63, 3.8) is 0 Å². The highest BCUT2D eigenvalue weighted by Crippen LogP contribution is 2.33. The minimum Gasteiger partial charge on any atom is -0.296 e. The molecule has 7 heteroatoms. The van der Waals surface area contributed by atoms with Crippen LogP contribution < -0.4 is 5.01 Å². The van der Waals surface area contributed by atoms with Crippen LogP contribution in [0.25, 0.3) is 10.2 Å². The van der Waals surface area contributed by atoms with E-state index in [1.165, 1.54) is 21.9 Å². The molecule has 1 amide bonds. The van der Waals surface area contributed by atoms with Crippen molar-refractivity contribution in [3.05, 3.63) is 54.1 Å². The SMILES string of the molecule is CCCCCN=CC1C(=O)N(c2nc3ccccc3s2)N=C1CSc1ccc(C)cc1. The third-order valence-corrected chi connectivity index (χ3v) is 7.14. The number of thioether (sulfide) groups is 1. The summed E-state index contributed by atoms with van der Waals surface area (Å²) in [6.45, 7) is 5.00. The number of fused-ring (bicyclic) bond motifs is 1. The highest BCUT2D eigenvalue weighted by Gasteiger charge is 2.37. The van der Waals surface area contributed by atoms with Gasteiger partial charge in [0.1, 0.15) is 5.92 Å². The van der Waals surface area contributed by atoms with Gasteiger partial charge in [-0.15, -0.1) is 11.8 Å². The summed E-state index contributed by atoms with van der Waals surface area (Å²) in [7, 11) is 0. The summed E-state index contributed by atoms with van der Waals surface area (Å²) in [6.07, 6.45) is 5.14. The highest BCUT2D eigenvalue weighted by atomic mass is 32.2. The van der Waals surface area contributed by atoms with Crippen molar-refractivity contribution in [1.29, 1.82) is 0 Å². The number of rotatable bonds is 9. The number of anilines is 1. The van der Waals surface area contributed by atoms with Gasteiger partial charge in [0.2, 0.25) is 5.13 Å². The summed E-state index contributed by atoms with van der Waals surface area (Å²) in [5.41, 5.74) is 2.95. The monoisotopic (exact) mass is 450 g/mol. The molecule has 2 heterocycles. The summed E-state index contributed by atoms with van der Waals surface area (Å²) in [6, 6.07) is 16.3. The summed E-state index contributed by atoms with van der Waals surface area (Å²) in [5, 5.41) is 6.79. The zero-order valence-corrected chi connectivity index (χ0v) is 19.5. The summed E-state index contributed by atoms with van der Waals surface area (Å²) < 4.78 is 1.05. The predicted octanol–water partition coefficient (Wildman–Crippen LogP) is 5.98. The van der Waals surface area contributed by atoms with Gasteiger partial charge in [-0.25, -0.2) is 4.98 Å². The molecule has 0 bridgehead atoms. The molecule has 3 aromatic rings. The number of aryl methyl sites for hydroxylation is 1. The van der Waals surface area contributed by atoms with Crippen LogP contribution in [-0.2, 0) is 4.79 Å². The number of unbranched alkanes of at least 4 members (excludes halogenated alkanes) is 2. The third kappa shape index (κ3) is 5.22. The minimum absolute atomic E-state index is 0.0715. The Morgan fingerprint density at radius 2 is 1.97 bits per heavy atom. The Kier molecular flexibility index (Phi) is 7.14. The standard InChI is InChI=1S/C24H26N4OS2/c1-3-4-7-14-25-15-19-21(16-30-18-12-10-17(2)11-13-18)27-28(23(19)29)24-26-20-8-5-6-9-22(20)31-24/h5-6,8-13,15,19H,3-4,7,14,16H2,1-2H3. The lowest BCUT2D eigenvalue weighted by Gasteiger charge is -2.08. The molecule has 0 N–H and O–H groups in total. The Balaban J connectivity index is 1.55. The number of amides is 1. The Bertz CT molecular complexity index is 1070. The van der Waals surface area contributed by atoms with Crippen molar-refractivity contribution in [1.82, 2.24) is 4.98 Å². The normalized spacial score (nSPS) is 16.6. The number of carbonyl (C=O) groups is 1. The number of hydrogen-bond donors (Lipinski definition) is 0. The van der Waals surface area contributed by atoms with Crippen LogP contribution in [0.4, 0.5) is 5.13 Å². The number of carbonyl (C=O) groups excluding carboxylic acids is 1. The average Bonchev–Trinajstić information content (AvgIpc) is 3.34. The van der Waals surface area contributed by atoms with Crippen LogP contribution >= 0.6 is 23.1 Å². The number of nitrogens with zero attached hydrogens (tertiary/aromatic N) is 4. The van der Waals surface area contributed by atoms with Gasteiger partial charge >= 0.3 is 0 Å². The summed E-state index contributed by atoms with van der Waals surface area (Å²) in [5.74, 6) is 0.145. The Hall–Kier alpha value is -2.51. The molecule has 5 nitrogen and oxygen atoms in total. The maximum Gasteiger partial charge on any atom is 0.263 e. The molecular weight excluding hydrogens is 424 g/mol. The van der Waals surface area contributed by atoms with Crippen LogP contribution in [0.3, 0.4) is 0 Å². The van der Waals surface area contributed by atoms with Crippen LogP contribution in [0.15, 0.2) is 63.5 Å². The molecule has 0 radical (unpaired) electrons. The molecule has 1 aliphatic heterocycles. The number of aliphatic imine (C=N–C) groups is 1. The number of hydrogen-bond acceptors (Lipinski definition) is 6. The molecular formula is C24H26N4OS2. The van der Waals surface area contributed by atoms with Crippen molar-refractivity contribution >= 4 is 56.3 Å². The summed E-state index contributed by atoms with van der Waals surface area (Å²) >= 11 is 3.18. The van der Waals surface area contributed by atoms with Crippen molar-refractivity contribution in [2.24, 2.45) is 16.0 Å². The van der Waals surface area contributed by atoms with E-state index in [4.69, 9.17) is 5.10 Å². The molecule has 0 saturated heterocycles. The zero-order valence-electron chi connectivity index (χ0n) is 17.8. The second-order valence-electron chi connectivity index (χ2n) is 7.55. The smallest absolute Gasteiger partial charge is 0.263 e. The van der Waals surface area contributed by atoms with E-state index in [1.54, 1.807) is 18.0 Å². The molecule has 1 unspecified atom stereocenters. The Morgan fingerprint density at radius 1 is 1.16 bits per heavy atom. The van der Waals surface area contributed by atoms with E-state index in [0.717, 1.165) is 46.6 Å². The third-order valence-electron chi connectivity index (χ3n) is 5.08. The first-order chi connectivity index (χ1) is 15.2. The molecule has 2 aromatic carbocycles. The fourth-order valence-corrected chi connectivity index (χ4v) is 5.10. The van der Waals surface area contributed by atoms with Gasteiger partial charge in [-0.05, 0) is 37.6 Å². The molecule has 0 fully saturated rings. The van der Waals surface area contributed by atoms with Crippen LogP contribution in [-0.4, -0.2) is 35.1 Å². The lowest BCUT2D eigenvalue weighted by Crippen LogP contribution is -2.29. The second kappa shape index (κ2) is 10.2. The van der Waals surface area contributed by atoms with Crippen LogP contribution in [0.2, 0.25) is 0 Å². The maximum absolute atomic E-state index is 13.2. The fourth-order valence-electron chi connectivity index (χ4n) is 3.30. The Morgan fingerprint density at radius 3 is 2.74 bits per heavy atom. The van der Waals surface area contributed by atoms with Crippen molar-refractivity contribution < 1.29 is 4.79 Å². The maximum atomic E-state index is 13.2. The van der Waals surface area contributed by atoms with E-state index in [2.05, 4.69) is 48.1 Å². The van der Waals surface area contributed by atoms with E-state index >= 15 is 0 Å². The van der Waals surface area contributed by atoms with Crippen molar-refractivity contribution in [2.75, 3.05) is 17.3 Å². The average molecular weight is 451 g/mol. The number of para-hydroxylation sites is 1. The molecule has 1 aliphatic rings. The minimum atomic E-state index is -0.424. The van der Waals surface area contributed by atoms with Crippen LogP contribution in [0.1, 0.15) is 31.7 Å². The van der Waals surface area contributed by atoms with Crippen LogP contribution in [0, 0.1) is 12.8 Å². The molecule has 1 aromatic heterocycles. The van der Waals surface area contributed by atoms with E-state index in [0.29, 0.717) is 10.9 Å². The van der Waals surface area contributed by atoms with E-state index in [1.807, 2.05) is 24.3 Å². The van der Waals surface area contributed by atoms with E-state index in [9.17, 15) is 4.79 Å². The number of aromatic nitrogens is 1. The molecule has 1 atom stereocenters. The molecule has 0 aliphatic carbocycles. The van der Waals surface area contributed by atoms with Gasteiger partial charge in [0.15, 0.2) is 0 Å². The fraction of sp³-hybridized carbons (Fsp3) is 0.333. The van der Waals surface area contributed by atoms with Gasteiger partial charge in [0.05, 0.1) is 15.9 Å². The lowest BCUT2D eigenvalue weighted by atomic mass is 10.1. The molecule has 0 saturated carbocycles. The zero-order chi connectivity index (χ0) is 21.6. The van der Waals surface area contributed by atoms with Crippen molar-refractivity contribution in [3.8, 4) is 0 Å². The molecule has 31 heavy (non-hydrogen) atoms. The largest absolute Gasteiger partial charge is 0.296 e. The highest BCUT2D eigenvalue weighted by molar-refractivity contribution is 8.00. The quantitative estimate of drug-likeness (QED) is 0.229. The van der Waals surface area contributed by atoms with Gasteiger partial charge in [-0.2, -0.15) is 10.1 Å². The second-order valence-corrected chi connectivity index (χ2v) is 9.61. The topological polar surface area (TPSA) is 57.9 Å². The first-order valence-corrected chi connectivity index (χ1v) is 12.4. The number of hydrazone groups is 1. The summed E-state index contributed by atoms with van der Waals surface area (Å²) in [4.78, 5) is 23.6. The van der Waals surface area contributed by atoms with Gasteiger partial charge in [0.25, 0.3) is 5.91 Å². The lowest BCUT2D eigenvalue weighted by molar-refractivity contribution is -0.118. The Labute approximate surface area is 191 Å². The van der Waals surface area contributed by atoms with Gasteiger partial charge < -0.3 is 0 Å². The molecule has 4 rings (SSSR count). The first-order valence-electron chi connectivity index (χ1n) is 10.6. The van der Waals surface area contributed by atoms with Gasteiger partial charge in [-0.3, -0.25) is 9.79 Å². The van der Waals surface area contributed by atoms with Gasteiger partial charge in [0, 0.05) is 23.4 Å². The predicted molar refractivity (Wildman–Crippen MR) is 133 cm³/mol.